The van der Waals surface area contributed by atoms with E-state index in [9.17, 15) is 10.1 Å². The van der Waals surface area contributed by atoms with Crippen LogP contribution in [0, 0.1) is 17.0 Å². The number of benzene rings is 1. The number of nitro benzene ring substituents is 1. The summed E-state index contributed by atoms with van der Waals surface area (Å²) in [6, 6.07) is 4.57. The highest BCUT2D eigenvalue weighted by Gasteiger charge is 2.15. The van der Waals surface area contributed by atoms with Gasteiger partial charge in [-0.25, -0.2) is 0 Å². The fourth-order valence-corrected chi connectivity index (χ4v) is 1.44. The van der Waals surface area contributed by atoms with Gasteiger partial charge in [0, 0.05) is 6.07 Å². The monoisotopic (exact) mass is 246 g/mol. The van der Waals surface area contributed by atoms with E-state index in [0.717, 1.165) is 0 Å². The van der Waals surface area contributed by atoms with Crippen molar-refractivity contribution in [2.24, 2.45) is 0 Å². The zero-order chi connectivity index (χ0) is 13.1. The first-order valence-electron chi connectivity index (χ1n) is 5.07. The van der Waals surface area contributed by atoms with E-state index >= 15 is 0 Å². The molecule has 2 aromatic rings. The van der Waals surface area contributed by atoms with Crippen LogP contribution in [0.1, 0.15) is 5.56 Å². The molecule has 92 valence electrons. The van der Waals surface area contributed by atoms with Gasteiger partial charge in [0.25, 0.3) is 5.69 Å². The van der Waals surface area contributed by atoms with Crippen molar-refractivity contribution in [3.8, 4) is 11.6 Å². The summed E-state index contributed by atoms with van der Waals surface area (Å²) >= 11 is 0. The Hall–Kier alpha value is -2.70. The number of hydrogen-bond donors (Lipinski definition) is 1. The van der Waals surface area contributed by atoms with E-state index in [2.05, 4.69) is 9.97 Å². The van der Waals surface area contributed by atoms with Crippen LogP contribution in [-0.4, -0.2) is 14.9 Å². The van der Waals surface area contributed by atoms with Crippen LogP contribution < -0.4 is 10.5 Å². The smallest absolute Gasteiger partial charge is 0.276 e. The van der Waals surface area contributed by atoms with Crippen LogP contribution in [0.25, 0.3) is 0 Å². The molecule has 0 aliphatic heterocycles. The van der Waals surface area contributed by atoms with Crippen LogP contribution in [0.5, 0.6) is 11.6 Å². The summed E-state index contributed by atoms with van der Waals surface area (Å²) in [4.78, 5) is 18.0. The second-order valence-corrected chi connectivity index (χ2v) is 3.54. The highest BCUT2D eigenvalue weighted by molar-refractivity contribution is 5.49. The normalized spacial score (nSPS) is 10.1. The molecule has 1 aromatic carbocycles. The van der Waals surface area contributed by atoms with E-state index in [1.54, 1.807) is 19.1 Å². The van der Waals surface area contributed by atoms with Crippen molar-refractivity contribution >= 4 is 11.5 Å². The van der Waals surface area contributed by atoms with Crippen LogP contribution in [0.15, 0.2) is 30.6 Å². The van der Waals surface area contributed by atoms with Crippen LogP contribution in [0.2, 0.25) is 0 Å². The number of nitro groups is 1. The quantitative estimate of drug-likeness (QED) is 0.656. The number of rotatable bonds is 3. The molecule has 0 fully saturated rings. The molecular formula is C11H10N4O3. The maximum Gasteiger partial charge on any atom is 0.276 e. The summed E-state index contributed by atoms with van der Waals surface area (Å²) in [5.74, 6) is 0.762. The Bertz CT molecular complexity index is 601. The lowest BCUT2D eigenvalue weighted by Gasteiger charge is -2.07. The Labute approximate surface area is 102 Å². The number of nitrogens with zero attached hydrogens (tertiary/aromatic N) is 3. The molecule has 0 amide bonds. The topological polar surface area (TPSA) is 104 Å². The first-order valence-corrected chi connectivity index (χ1v) is 5.07. The maximum atomic E-state index is 10.8. The maximum absolute atomic E-state index is 10.8. The third kappa shape index (κ3) is 2.34. The predicted molar refractivity (Wildman–Crippen MR) is 64.4 cm³/mol. The van der Waals surface area contributed by atoms with Crippen molar-refractivity contribution in [1.29, 1.82) is 0 Å². The van der Waals surface area contributed by atoms with Gasteiger partial charge in [0.1, 0.15) is 11.6 Å². The summed E-state index contributed by atoms with van der Waals surface area (Å²) in [5, 5.41) is 10.8. The lowest BCUT2D eigenvalue weighted by atomic mass is 10.2. The predicted octanol–water partition coefficient (Wildman–Crippen LogP) is 2.07. The Morgan fingerprint density at radius 3 is 2.83 bits per heavy atom. The number of ether oxygens (including phenoxy) is 1. The van der Waals surface area contributed by atoms with Gasteiger partial charge >= 0.3 is 0 Å². The number of aromatic nitrogens is 2. The van der Waals surface area contributed by atoms with E-state index in [0.29, 0.717) is 11.3 Å². The zero-order valence-electron chi connectivity index (χ0n) is 9.53. The lowest BCUT2D eigenvalue weighted by molar-refractivity contribution is -0.385. The molecule has 0 saturated heterocycles. The van der Waals surface area contributed by atoms with Crippen LogP contribution in [0.4, 0.5) is 11.5 Å². The van der Waals surface area contributed by atoms with Crippen molar-refractivity contribution < 1.29 is 9.66 Å². The zero-order valence-corrected chi connectivity index (χ0v) is 9.53. The molecule has 1 aromatic heterocycles. The molecule has 2 N–H and O–H groups in total. The Morgan fingerprint density at radius 2 is 2.17 bits per heavy atom. The van der Waals surface area contributed by atoms with E-state index in [1.165, 1.54) is 18.5 Å². The molecule has 7 heteroatoms. The summed E-state index contributed by atoms with van der Waals surface area (Å²) in [6.45, 7) is 1.60. The third-order valence-corrected chi connectivity index (χ3v) is 2.30. The molecule has 0 bridgehead atoms. The third-order valence-electron chi connectivity index (χ3n) is 2.30. The van der Waals surface area contributed by atoms with E-state index in [1.807, 2.05) is 0 Å². The highest BCUT2D eigenvalue weighted by atomic mass is 16.6. The van der Waals surface area contributed by atoms with Gasteiger partial charge < -0.3 is 10.5 Å². The molecule has 7 nitrogen and oxygen atoms in total. The molecule has 18 heavy (non-hydrogen) atoms. The molecule has 0 unspecified atom stereocenters. The first kappa shape index (κ1) is 11.8. The van der Waals surface area contributed by atoms with Gasteiger partial charge in [-0.1, -0.05) is 6.07 Å². The van der Waals surface area contributed by atoms with Gasteiger partial charge in [-0.3, -0.25) is 15.1 Å². The number of anilines is 1. The number of hydrogen-bond acceptors (Lipinski definition) is 6. The van der Waals surface area contributed by atoms with Gasteiger partial charge in [0.15, 0.2) is 0 Å². The second kappa shape index (κ2) is 4.66. The fraction of sp³-hybridized carbons (Fsp3) is 0.0909. The highest BCUT2D eigenvalue weighted by Crippen LogP contribution is 2.29. The second-order valence-electron chi connectivity index (χ2n) is 3.54. The van der Waals surface area contributed by atoms with Crippen molar-refractivity contribution in [1.82, 2.24) is 9.97 Å². The van der Waals surface area contributed by atoms with Gasteiger partial charge in [-0.05, 0) is 13.0 Å². The van der Waals surface area contributed by atoms with Crippen molar-refractivity contribution in [3.63, 3.8) is 0 Å². The van der Waals surface area contributed by atoms with Crippen LogP contribution >= 0.6 is 0 Å². The molecule has 0 saturated carbocycles. The largest absolute Gasteiger partial charge is 0.437 e. The Kier molecular flexibility index (Phi) is 3.05. The fourth-order valence-electron chi connectivity index (χ4n) is 1.44. The number of nitrogen functional groups attached to an aromatic ring is 1. The average molecular weight is 246 g/mol. The summed E-state index contributed by atoms with van der Waals surface area (Å²) in [5.41, 5.74) is 5.88. The summed E-state index contributed by atoms with van der Waals surface area (Å²) in [7, 11) is 0. The SMILES string of the molecule is Cc1c(Oc2cncc(N)n2)cccc1[N+](=O)[O-]. The van der Waals surface area contributed by atoms with Crippen LogP contribution in [-0.2, 0) is 0 Å². The van der Waals surface area contributed by atoms with Crippen molar-refractivity contribution in [2.45, 2.75) is 6.92 Å². The minimum atomic E-state index is -0.465. The lowest BCUT2D eigenvalue weighted by Crippen LogP contribution is -1.97. The van der Waals surface area contributed by atoms with Crippen LogP contribution in [0.3, 0.4) is 0 Å². The van der Waals surface area contributed by atoms with Gasteiger partial charge in [-0.2, -0.15) is 4.98 Å². The van der Waals surface area contributed by atoms with E-state index in [-0.39, 0.29) is 17.4 Å². The number of nitrogens with two attached hydrogens (primary N) is 1. The standard InChI is InChI=1S/C11H10N4O3/c1-7-8(15(16)17)3-2-4-9(7)18-11-6-13-5-10(12)14-11/h2-6H,1H3,(H2,12,14). The van der Waals surface area contributed by atoms with Crippen molar-refractivity contribution in [3.05, 3.63) is 46.3 Å². The first-order chi connectivity index (χ1) is 8.58. The van der Waals surface area contributed by atoms with E-state index < -0.39 is 4.92 Å². The molecule has 0 radical (unpaired) electrons. The molecule has 0 aliphatic rings. The molecule has 2 rings (SSSR count). The molecule has 0 atom stereocenters. The molecule has 1 heterocycles. The molecular weight excluding hydrogens is 236 g/mol. The van der Waals surface area contributed by atoms with Gasteiger partial charge in [0.05, 0.1) is 22.9 Å². The summed E-state index contributed by atoms with van der Waals surface area (Å²) in [6.07, 6.45) is 2.77. The molecule has 0 spiro atoms. The Morgan fingerprint density at radius 1 is 1.39 bits per heavy atom. The average Bonchev–Trinajstić information content (AvgIpc) is 2.31. The minimum absolute atomic E-state index is 0.00985. The minimum Gasteiger partial charge on any atom is -0.437 e. The van der Waals surface area contributed by atoms with Crippen molar-refractivity contribution in [2.75, 3.05) is 5.73 Å². The summed E-state index contributed by atoms with van der Waals surface area (Å²) < 4.78 is 5.42. The van der Waals surface area contributed by atoms with E-state index in [4.69, 9.17) is 10.5 Å². The van der Waals surface area contributed by atoms with Gasteiger partial charge in [0.2, 0.25) is 5.88 Å². The molecule has 0 aliphatic carbocycles. The van der Waals surface area contributed by atoms with Gasteiger partial charge in [-0.15, -0.1) is 0 Å². The Balaban J connectivity index is 2.35.